The Morgan fingerprint density at radius 2 is 1.87 bits per heavy atom. The van der Waals surface area contributed by atoms with Gasteiger partial charge in [-0.15, -0.1) is 0 Å². The zero-order chi connectivity index (χ0) is 16.1. The van der Waals surface area contributed by atoms with E-state index in [0.717, 1.165) is 51.3 Å². The average Bonchev–Trinajstić information content (AvgIpc) is 3.12. The molecule has 0 radical (unpaired) electrons. The fourth-order valence-corrected chi connectivity index (χ4v) is 3.35. The van der Waals surface area contributed by atoms with Crippen LogP contribution in [0.5, 0.6) is 0 Å². The van der Waals surface area contributed by atoms with Crippen LogP contribution < -0.4 is 10.6 Å². The van der Waals surface area contributed by atoms with Crippen LogP contribution >= 0.6 is 0 Å². The molecule has 2 aliphatic heterocycles. The molecule has 0 unspecified atom stereocenters. The minimum atomic E-state index is -0.0236. The molecule has 5 nitrogen and oxygen atoms in total. The van der Waals surface area contributed by atoms with Crippen molar-refractivity contribution in [1.82, 2.24) is 15.1 Å². The summed E-state index contributed by atoms with van der Waals surface area (Å²) in [5.41, 5.74) is 2.20. The van der Waals surface area contributed by atoms with Crippen LogP contribution in [-0.2, 0) is 11.3 Å². The molecule has 0 aromatic heterocycles. The topological polar surface area (TPSA) is 47.6 Å². The van der Waals surface area contributed by atoms with E-state index in [1.807, 2.05) is 12.1 Å². The van der Waals surface area contributed by atoms with Crippen molar-refractivity contribution < 1.29 is 4.79 Å². The molecule has 1 aromatic rings. The second-order valence-electron chi connectivity index (χ2n) is 6.55. The van der Waals surface area contributed by atoms with Crippen molar-refractivity contribution in [3.05, 3.63) is 29.8 Å². The molecule has 23 heavy (non-hydrogen) atoms. The summed E-state index contributed by atoms with van der Waals surface area (Å²) in [7, 11) is 0. The van der Waals surface area contributed by atoms with E-state index in [1.165, 1.54) is 18.7 Å². The van der Waals surface area contributed by atoms with E-state index in [1.54, 1.807) is 0 Å². The van der Waals surface area contributed by atoms with Crippen LogP contribution in [0.1, 0.15) is 25.3 Å². The number of carbonyl (C=O) groups is 1. The minimum Gasteiger partial charge on any atom is -0.325 e. The zero-order valence-corrected chi connectivity index (χ0v) is 14.1. The number of nitrogens with one attached hydrogen (secondary N) is 2. The summed E-state index contributed by atoms with van der Waals surface area (Å²) in [4.78, 5) is 17.1. The minimum absolute atomic E-state index is 0.0236. The SMILES string of the molecule is CCN1CCN(Cc2ccc(NC(=O)[C@@H]3CCCN3)cc2)CC1. The summed E-state index contributed by atoms with van der Waals surface area (Å²) in [5.74, 6) is 0.0888. The lowest BCUT2D eigenvalue weighted by Gasteiger charge is -2.34. The maximum absolute atomic E-state index is 12.1. The number of carbonyl (C=O) groups excluding carboxylic acids is 1. The normalized spacial score (nSPS) is 23.1. The smallest absolute Gasteiger partial charge is 0.241 e. The van der Waals surface area contributed by atoms with Crippen LogP contribution in [0.4, 0.5) is 5.69 Å². The number of likely N-dealkylation sites (N-methyl/N-ethyl adjacent to an activating group) is 1. The molecule has 1 amide bonds. The molecule has 2 heterocycles. The van der Waals surface area contributed by atoms with E-state index in [9.17, 15) is 4.79 Å². The van der Waals surface area contributed by atoms with Gasteiger partial charge in [0, 0.05) is 38.4 Å². The van der Waals surface area contributed by atoms with E-state index in [4.69, 9.17) is 0 Å². The van der Waals surface area contributed by atoms with Crippen LogP contribution in [0.15, 0.2) is 24.3 Å². The summed E-state index contributed by atoms with van der Waals surface area (Å²) >= 11 is 0. The Kier molecular flexibility index (Phi) is 5.65. The average molecular weight is 316 g/mol. The first-order valence-electron chi connectivity index (χ1n) is 8.82. The number of amides is 1. The third-order valence-electron chi connectivity index (χ3n) is 4.92. The third kappa shape index (κ3) is 4.53. The lowest BCUT2D eigenvalue weighted by molar-refractivity contribution is -0.117. The van der Waals surface area contributed by atoms with Crippen molar-refractivity contribution >= 4 is 11.6 Å². The molecule has 2 N–H and O–H groups in total. The number of benzene rings is 1. The Balaban J connectivity index is 1.48. The first kappa shape index (κ1) is 16.4. The molecule has 126 valence electrons. The molecule has 0 aliphatic carbocycles. The highest BCUT2D eigenvalue weighted by molar-refractivity contribution is 5.95. The van der Waals surface area contributed by atoms with Crippen molar-refractivity contribution in [3.63, 3.8) is 0 Å². The lowest BCUT2D eigenvalue weighted by atomic mass is 10.1. The van der Waals surface area contributed by atoms with Gasteiger partial charge in [0.1, 0.15) is 0 Å². The predicted molar refractivity (Wildman–Crippen MR) is 93.5 cm³/mol. The second-order valence-corrected chi connectivity index (χ2v) is 6.55. The maximum Gasteiger partial charge on any atom is 0.241 e. The Bertz CT molecular complexity index is 502. The number of anilines is 1. The van der Waals surface area contributed by atoms with Gasteiger partial charge in [-0.2, -0.15) is 0 Å². The Labute approximate surface area is 139 Å². The highest BCUT2D eigenvalue weighted by Crippen LogP contribution is 2.14. The number of nitrogens with zero attached hydrogens (tertiary/aromatic N) is 2. The Morgan fingerprint density at radius 1 is 1.17 bits per heavy atom. The van der Waals surface area contributed by atoms with Crippen molar-refractivity contribution in [3.8, 4) is 0 Å². The molecular weight excluding hydrogens is 288 g/mol. The summed E-state index contributed by atoms with van der Waals surface area (Å²) in [5, 5.41) is 6.23. The molecule has 3 rings (SSSR count). The quantitative estimate of drug-likeness (QED) is 0.865. The first-order chi connectivity index (χ1) is 11.2. The fourth-order valence-electron chi connectivity index (χ4n) is 3.35. The fraction of sp³-hybridized carbons (Fsp3) is 0.611. The van der Waals surface area contributed by atoms with Gasteiger partial charge in [-0.1, -0.05) is 19.1 Å². The van der Waals surface area contributed by atoms with Crippen molar-refractivity contribution in [2.24, 2.45) is 0 Å². The molecule has 0 spiro atoms. The summed E-state index contributed by atoms with van der Waals surface area (Å²) in [6.45, 7) is 9.93. The standard InChI is InChI=1S/C18H28N4O/c1-2-21-10-12-22(13-11-21)14-15-5-7-16(8-6-15)20-18(23)17-4-3-9-19-17/h5-8,17,19H,2-4,9-14H2,1H3,(H,20,23)/t17-/m0/s1. The molecule has 0 saturated carbocycles. The molecule has 5 heteroatoms. The second kappa shape index (κ2) is 7.90. The van der Waals surface area contributed by atoms with Crippen LogP contribution in [0.2, 0.25) is 0 Å². The van der Waals surface area contributed by atoms with Gasteiger partial charge in [0.2, 0.25) is 5.91 Å². The van der Waals surface area contributed by atoms with Gasteiger partial charge in [0.25, 0.3) is 0 Å². The number of rotatable bonds is 5. The van der Waals surface area contributed by atoms with E-state index < -0.39 is 0 Å². The molecule has 1 aromatic carbocycles. The highest BCUT2D eigenvalue weighted by Gasteiger charge is 2.21. The van der Waals surface area contributed by atoms with Gasteiger partial charge in [0.05, 0.1) is 6.04 Å². The number of piperazine rings is 1. The first-order valence-corrected chi connectivity index (χ1v) is 8.82. The molecule has 2 fully saturated rings. The third-order valence-corrected chi connectivity index (χ3v) is 4.92. The van der Waals surface area contributed by atoms with E-state index in [-0.39, 0.29) is 11.9 Å². The van der Waals surface area contributed by atoms with Gasteiger partial charge in [-0.25, -0.2) is 0 Å². The van der Waals surface area contributed by atoms with Gasteiger partial charge in [0.15, 0.2) is 0 Å². The lowest BCUT2D eigenvalue weighted by Crippen LogP contribution is -2.45. The summed E-state index contributed by atoms with van der Waals surface area (Å²) in [6.07, 6.45) is 2.02. The Morgan fingerprint density at radius 3 is 2.48 bits per heavy atom. The molecular formula is C18H28N4O. The monoisotopic (exact) mass is 316 g/mol. The largest absolute Gasteiger partial charge is 0.325 e. The van der Waals surface area contributed by atoms with Gasteiger partial charge in [-0.05, 0) is 43.6 Å². The predicted octanol–water partition coefficient (Wildman–Crippen LogP) is 1.51. The molecule has 1 atom stereocenters. The van der Waals surface area contributed by atoms with Crippen molar-refractivity contribution in [1.29, 1.82) is 0 Å². The van der Waals surface area contributed by atoms with Crippen LogP contribution in [0.3, 0.4) is 0 Å². The number of hydrogen-bond donors (Lipinski definition) is 2. The highest BCUT2D eigenvalue weighted by atomic mass is 16.2. The maximum atomic E-state index is 12.1. The van der Waals surface area contributed by atoms with Crippen LogP contribution in [0.25, 0.3) is 0 Å². The van der Waals surface area contributed by atoms with E-state index in [2.05, 4.69) is 39.5 Å². The molecule has 2 saturated heterocycles. The van der Waals surface area contributed by atoms with Crippen molar-refractivity contribution in [2.75, 3.05) is 44.6 Å². The van der Waals surface area contributed by atoms with Crippen LogP contribution in [0, 0.1) is 0 Å². The Hall–Kier alpha value is -1.43. The molecule has 0 bridgehead atoms. The van der Waals surface area contributed by atoms with E-state index in [0.29, 0.717) is 0 Å². The zero-order valence-electron chi connectivity index (χ0n) is 14.1. The van der Waals surface area contributed by atoms with Crippen molar-refractivity contribution in [2.45, 2.75) is 32.4 Å². The van der Waals surface area contributed by atoms with Gasteiger partial charge < -0.3 is 15.5 Å². The van der Waals surface area contributed by atoms with Gasteiger partial charge >= 0.3 is 0 Å². The van der Waals surface area contributed by atoms with E-state index >= 15 is 0 Å². The summed E-state index contributed by atoms with van der Waals surface area (Å²) < 4.78 is 0. The molecule has 2 aliphatic rings. The summed E-state index contributed by atoms with van der Waals surface area (Å²) in [6, 6.07) is 8.27. The number of hydrogen-bond acceptors (Lipinski definition) is 4. The van der Waals surface area contributed by atoms with Gasteiger partial charge in [-0.3, -0.25) is 9.69 Å². The van der Waals surface area contributed by atoms with Crippen LogP contribution in [-0.4, -0.2) is 61.0 Å².